The van der Waals surface area contributed by atoms with Crippen LogP contribution in [0.2, 0.25) is 15.1 Å². The van der Waals surface area contributed by atoms with E-state index in [9.17, 15) is 4.79 Å². The minimum Gasteiger partial charge on any atom is -0.369 e. The van der Waals surface area contributed by atoms with Gasteiger partial charge in [0.2, 0.25) is 5.91 Å². The maximum Gasteiger partial charge on any atom is 0.244 e. The molecule has 2 rings (SSSR count). The molecule has 2 aromatic rings. The predicted molar refractivity (Wildman–Crippen MR) is 83.5 cm³/mol. The molecule has 1 atom stereocenters. The van der Waals surface area contributed by atoms with Crippen LogP contribution in [0.25, 0.3) is 0 Å². The van der Waals surface area contributed by atoms with E-state index >= 15 is 0 Å². The summed E-state index contributed by atoms with van der Waals surface area (Å²) in [6, 6.07) is 11.1. The fourth-order valence-corrected chi connectivity index (χ4v) is 2.53. The first-order valence-corrected chi connectivity index (χ1v) is 6.87. The van der Waals surface area contributed by atoms with Crippen LogP contribution in [-0.2, 0) is 4.79 Å². The van der Waals surface area contributed by atoms with Crippen molar-refractivity contribution < 1.29 is 4.79 Å². The lowest BCUT2D eigenvalue weighted by Crippen LogP contribution is -2.27. The number of hydrogen-bond donors (Lipinski definition) is 2. The second-order valence-corrected chi connectivity index (χ2v) is 5.44. The summed E-state index contributed by atoms with van der Waals surface area (Å²) in [5.41, 5.74) is 6.62. The highest BCUT2D eigenvalue weighted by molar-refractivity contribution is 6.35. The number of benzene rings is 2. The molecule has 0 aromatic heterocycles. The largest absolute Gasteiger partial charge is 0.369 e. The van der Waals surface area contributed by atoms with Crippen molar-refractivity contribution in [3.63, 3.8) is 0 Å². The number of carbonyl (C=O) groups is 1. The molecule has 0 fully saturated rings. The summed E-state index contributed by atoms with van der Waals surface area (Å²) in [6.45, 7) is 0. The minimum absolute atomic E-state index is 0.430. The second-order valence-electron chi connectivity index (χ2n) is 4.16. The highest BCUT2D eigenvalue weighted by atomic mass is 35.5. The highest BCUT2D eigenvalue weighted by Crippen LogP contribution is 2.29. The molecule has 1 unspecified atom stereocenters. The van der Waals surface area contributed by atoms with Gasteiger partial charge in [-0.15, -0.1) is 0 Å². The Morgan fingerprint density at radius 1 is 1.05 bits per heavy atom. The average Bonchev–Trinajstić information content (AvgIpc) is 2.36. The normalized spacial score (nSPS) is 11.9. The van der Waals surface area contributed by atoms with Crippen LogP contribution in [-0.4, -0.2) is 5.91 Å². The van der Waals surface area contributed by atoms with E-state index in [0.717, 1.165) is 0 Å². The summed E-state index contributed by atoms with van der Waals surface area (Å²) in [6.07, 6.45) is 0. The van der Waals surface area contributed by atoms with Crippen molar-refractivity contribution in [2.75, 3.05) is 5.32 Å². The standard InChI is InChI=1S/C14H11Cl3N2O/c15-9-5-8(6-10(16)7-9)13(14(18)20)19-12-4-2-1-3-11(12)17/h1-7,13,19H,(H2,18,20). The van der Waals surface area contributed by atoms with Gasteiger partial charge in [-0.3, -0.25) is 4.79 Å². The third kappa shape index (κ3) is 3.57. The highest BCUT2D eigenvalue weighted by Gasteiger charge is 2.19. The van der Waals surface area contributed by atoms with E-state index in [-0.39, 0.29) is 0 Å². The van der Waals surface area contributed by atoms with E-state index < -0.39 is 11.9 Å². The van der Waals surface area contributed by atoms with Gasteiger partial charge in [0.05, 0.1) is 10.7 Å². The first-order valence-electron chi connectivity index (χ1n) is 5.74. The van der Waals surface area contributed by atoms with Crippen LogP contribution >= 0.6 is 34.8 Å². The maximum atomic E-state index is 11.7. The molecule has 3 N–H and O–H groups in total. The molecule has 0 aliphatic rings. The lowest BCUT2D eigenvalue weighted by molar-refractivity contribution is -0.118. The molecule has 6 heteroatoms. The first kappa shape index (κ1) is 15.0. The molecule has 0 aliphatic carbocycles. The van der Waals surface area contributed by atoms with E-state index in [1.807, 2.05) is 0 Å². The monoisotopic (exact) mass is 328 g/mol. The van der Waals surface area contributed by atoms with Crippen LogP contribution < -0.4 is 11.1 Å². The Balaban J connectivity index is 2.37. The molecule has 0 bridgehead atoms. The maximum absolute atomic E-state index is 11.7. The van der Waals surface area contributed by atoms with Gasteiger partial charge in [-0.25, -0.2) is 0 Å². The Morgan fingerprint density at radius 3 is 2.20 bits per heavy atom. The number of rotatable bonds is 4. The lowest BCUT2D eigenvalue weighted by atomic mass is 10.1. The van der Waals surface area contributed by atoms with E-state index in [1.165, 1.54) is 0 Å². The Hall–Kier alpha value is -1.42. The average molecular weight is 330 g/mol. The zero-order chi connectivity index (χ0) is 14.7. The van der Waals surface area contributed by atoms with Crippen molar-refractivity contribution in [3.05, 3.63) is 63.1 Å². The molecule has 0 aliphatic heterocycles. The summed E-state index contributed by atoms with van der Waals surface area (Å²) in [5.74, 6) is -0.553. The number of nitrogens with two attached hydrogens (primary N) is 1. The zero-order valence-electron chi connectivity index (χ0n) is 10.2. The van der Waals surface area contributed by atoms with Gasteiger partial charge in [0.15, 0.2) is 0 Å². The van der Waals surface area contributed by atoms with Crippen molar-refractivity contribution in [2.24, 2.45) is 5.73 Å². The second kappa shape index (κ2) is 6.35. The van der Waals surface area contributed by atoms with Gasteiger partial charge in [-0.1, -0.05) is 46.9 Å². The molecule has 3 nitrogen and oxygen atoms in total. The summed E-state index contributed by atoms with van der Waals surface area (Å²) in [5, 5.41) is 4.35. The minimum atomic E-state index is -0.772. The molecule has 0 radical (unpaired) electrons. The van der Waals surface area contributed by atoms with Crippen molar-refractivity contribution in [1.29, 1.82) is 0 Å². The molecule has 1 amide bonds. The number of halogens is 3. The van der Waals surface area contributed by atoms with Gasteiger partial charge in [0.1, 0.15) is 6.04 Å². The number of nitrogens with one attached hydrogen (secondary N) is 1. The zero-order valence-corrected chi connectivity index (χ0v) is 12.5. The van der Waals surface area contributed by atoms with Gasteiger partial charge in [0, 0.05) is 10.0 Å². The number of hydrogen-bond acceptors (Lipinski definition) is 2. The SMILES string of the molecule is NC(=O)C(Nc1ccccc1Cl)c1cc(Cl)cc(Cl)c1. The molecular weight excluding hydrogens is 319 g/mol. The number of primary amides is 1. The number of para-hydroxylation sites is 1. The molecule has 20 heavy (non-hydrogen) atoms. The summed E-state index contributed by atoms with van der Waals surface area (Å²) in [7, 11) is 0. The van der Waals surface area contributed by atoms with Crippen LogP contribution in [0, 0.1) is 0 Å². The van der Waals surface area contributed by atoms with E-state index in [2.05, 4.69) is 5.32 Å². The fourth-order valence-electron chi connectivity index (χ4n) is 1.79. The van der Waals surface area contributed by atoms with Crippen LogP contribution in [0.4, 0.5) is 5.69 Å². The van der Waals surface area contributed by atoms with Gasteiger partial charge in [-0.05, 0) is 35.9 Å². The van der Waals surface area contributed by atoms with Gasteiger partial charge < -0.3 is 11.1 Å². The lowest BCUT2D eigenvalue weighted by Gasteiger charge is -2.18. The summed E-state index contributed by atoms with van der Waals surface area (Å²) < 4.78 is 0. The van der Waals surface area contributed by atoms with E-state index in [1.54, 1.807) is 42.5 Å². The van der Waals surface area contributed by atoms with E-state index in [0.29, 0.717) is 26.3 Å². The number of amides is 1. The Kier molecular flexibility index (Phi) is 4.76. The molecule has 0 saturated carbocycles. The Bertz CT molecular complexity index is 626. The van der Waals surface area contributed by atoms with Crippen LogP contribution in [0.3, 0.4) is 0 Å². The topological polar surface area (TPSA) is 55.1 Å². The van der Waals surface area contributed by atoms with Gasteiger partial charge >= 0.3 is 0 Å². The molecule has 0 heterocycles. The first-order chi connectivity index (χ1) is 9.47. The Labute approximate surface area is 131 Å². The number of carbonyl (C=O) groups excluding carboxylic acids is 1. The molecule has 0 saturated heterocycles. The van der Waals surface area contributed by atoms with Crippen LogP contribution in [0.15, 0.2) is 42.5 Å². The van der Waals surface area contributed by atoms with Crippen molar-refractivity contribution in [3.8, 4) is 0 Å². The molecular formula is C14H11Cl3N2O. The van der Waals surface area contributed by atoms with Crippen LogP contribution in [0.5, 0.6) is 0 Å². The smallest absolute Gasteiger partial charge is 0.244 e. The third-order valence-electron chi connectivity index (χ3n) is 2.68. The fraction of sp³-hybridized carbons (Fsp3) is 0.0714. The van der Waals surface area contributed by atoms with Gasteiger partial charge in [0.25, 0.3) is 0 Å². The van der Waals surface area contributed by atoms with Crippen molar-refractivity contribution in [2.45, 2.75) is 6.04 Å². The third-order valence-corrected chi connectivity index (χ3v) is 3.44. The van der Waals surface area contributed by atoms with Gasteiger partial charge in [-0.2, -0.15) is 0 Å². The summed E-state index contributed by atoms with van der Waals surface area (Å²) >= 11 is 17.9. The molecule has 104 valence electrons. The van der Waals surface area contributed by atoms with Crippen LogP contribution in [0.1, 0.15) is 11.6 Å². The molecule has 0 spiro atoms. The van der Waals surface area contributed by atoms with Crippen molar-refractivity contribution >= 4 is 46.4 Å². The summed E-state index contributed by atoms with van der Waals surface area (Å²) in [4.78, 5) is 11.7. The van der Waals surface area contributed by atoms with E-state index in [4.69, 9.17) is 40.5 Å². The quantitative estimate of drug-likeness (QED) is 0.879. The Morgan fingerprint density at radius 2 is 1.65 bits per heavy atom. The number of anilines is 1. The molecule has 2 aromatic carbocycles. The van der Waals surface area contributed by atoms with Crippen molar-refractivity contribution in [1.82, 2.24) is 0 Å². The predicted octanol–water partition coefficient (Wildman–Crippen LogP) is 4.29.